The SMILES string of the molecule is C[C@@H](c1nccn1-c1ncccn1)N(C)C(=O)c1cc(C(F)(F)F)cc(C(F)(F)F)c1. The van der Waals surface area contributed by atoms with E-state index < -0.39 is 41.0 Å². The maximum absolute atomic E-state index is 13.1. The molecule has 31 heavy (non-hydrogen) atoms. The number of alkyl halides is 6. The van der Waals surface area contributed by atoms with E-state index in [1.54, 1.807) is 6.07 Å². The highest BCUT2D eigenvalue weighted by atomic mass is 19.4. The maximum Gasteiger partial charge on any atom is 0.416 e. The van der Waals surface area contributed by atoms with Crippen molar-refractivity contribution in [3.8, 4) is 5.95 Å². The van der Waals surface area contributed by atoms with Crippen LogP contribution in [0.5, 0.6) is 0 Å². The molecule has 1 aromatic carbocycles. The highest BCUT2D eigenvalue weighted by molar-refractivity contribution is 5.94. The van der Waals surface area contributed by atoms with Crippen molar-refractivity contribution in [1.29, 1.82) is 0 Å². The summed E-state index contributed by atoms with van der Waals surface area (Å²) in [4.78, 5) is 26.1. The zero-order valence-corrected chi connectivity index (χ0v) is 16.1. The lowest BCUT2D eigenvalue weighted by Crippen LogP contribution is -2.32. The number of nitrogens with zero attached hydrogens (tertiary/aromatic N) is 5. The van der Waals surface area contributed by atoms with Gasteiger partial charge in [0, 0.05) is 37.4 Å². The number of carbonyl (C=O) groups excluding carboxylic acids is 1. The molecule has 2 heterocycles. The van der Waals surface area contributed by atoms with E-state index >= 15 is 0 Å². The Labute approximate surface area is 172 Å². The highest BCUT2D eigenvalue weighted by Gasteiger charge is 2.38. The van der Waals surface area contributed by atoms with E-state index in [0.29, 0.717) is 12.1 Å². The zero-order chi connectivity index (χ0) is 23.0. The van der Waals surface area contributed by atoms with E-state index in [1.165, 1.54) is 43.3 Å². The van der Waals surface area contributed by atoms with E-state index in [2.05, 4.69) is 15.0 Å². The minimum atomic E-state index is -5.05. The van der Waals surface area contributed by atoms with E-state index in [0.717, 1.165) is 4.90 Å². The van der Waals surface area contributed by atoms with Crippen LogP contribution >= 0.6 is 0 Å². The Morgan fingerprint density at radius 3 is 2.00 bits per heavy atom. The molecule has 0 aliphatic heterocycles. The Balaban J connectivity index is 1.98. The Morgan fingerprint density at radius 1 is 0.935 bits per heavy atom. The molecule has 12 heteroatoms. The molecule has 164 valence electrons. The van der Waals surface area contributed by atoms with Crippen molar-refractivity contribution in [2.24, 2.45) is 0 Å². The van der Waals surface area contributed by atoms with E-state index in [4.69, 9.17) is 0 Å². The summed E-state index contributed by atoms with van der Waals surface area (Å²) < 4.78 is 80.1. The fourth-order valence-electron chi connectivity index (χ4n) is 2.84. The highest BCUT2D eigenvalue weighted by Crippen LogP contribution is 2.37. The van der Waals surface area contributed by atoms with Crippen LogP contribution in [0.4, 0.5) is 26.3 Å². The Kier molecular flexibility index (Phi) is 5.74. The Bertz CT molecular complexity index is 1050. The van der Waals surface area contributed by atoms with Crippen LogP contribution in [0.25, 0.3) is 5.95 Å². The van der Waals surface area contributed by atoms with Gasteiger partial charge in [0.25, 0.3) is 5.91 Å². The number of aromatic nitrogens is 4. The lowest BCUT2D eigenvalue weighted by atomic mass is 10.0. The smallest absolute Gasteiger partial charge is 0.332 e. The molecule has 0 bridgehead atoms. The first-order valence-electron chi connectivity index (χ1n) is 8.77. The zero-order valence-electron chi connectivity index (χ0n) is 16.1. The molecule has 0 saturated carbocycles. The largest absolute Gasteiger partial charge is 0.416 e. The second-order valence-corrected chi connectivity index (χ2v) is 6.59. The molecule has 6 nitrogen and oxygen atoms in total. The van der Waals surface area contributed by atoms with E-state index in [-0.39, 0.29) is 17.8 Å². The Morgan fingerprint density at radius 2 is 1.48 bits per heavy atom. The fraction of sp³-hybridized carbons (Fsp3) is 0.263. The first-order valence-corrected chi connectivity index (χ1v) is 8.77. The van der Waals surface area contributed by atoms with Gasteiger partial charge in [-0.25, -0.2) is 15.0 Å². The van der Waals surface area contributed by atoms with Gasteiger partial charge < -0.3 is 4.90 Å². The molecule has 3 aromatic rings. The van der Waals surface area contributed by atoms with Crippen LogP contribution in [0.3, 0.4) is 0 Å². The third-order valence-corrected chi connectivity index (χ3v) is 4.55. The van der Waals surface area contributed by atoms with Gasteiger partial charge in [-0.3, -0.25) is 9.36 Å². The summed E-state index contributed by atoms with van der Waals surface area (Å²) in [6.07, 6.45) is -4.22. The first-order chi connectivity index (χ1) is 14.4. The number of halogens is 6. The number of imidazole rings is 1. The molecule has 0 aliphatic rings. The number of rotatable bonds is 4. The molecular formula is C19H15F6N5O. The van der Waals surface area contributed by atoms with Crippen LogP contribution in [0, 0.1) is 0 Å². The lowest BCUT2D eigenvalue weighted by molar-refractivity contribution is -0.143. The summed E-state index contributed by atoms with van der Waals surface area (Å²) in [5.41, 5.74) is -3.87. The van der Waals surface area contributed by atoms with Crippen LogP contribution in [0.2, 0.25) is 0 Å². The van der Waals surface area contributed by atoms with Crippen LogP contribution < -0.4 is 0 Å². The molecule has 0 saturated heterocycles. The number of benzene rings is 1. The fourth-order valence-corrected chi connectivity index (χ4v) is 2.84. The average molecular weight is 443 g/mol. The topological polar surface area (TPSA) is 63.9 Å². The van der Waals surface area contributed by atoms with Crippen molar-refractivity contribution in [2.75, 3.05) is 7.05 Å². The molecule has 2 aromatic heterocycles. The number of hydrogen-bond acceptors (Lipinski definition) is 4. The first kappa shape index (κ1) is 22.2. The normalized spacial score (nSPS) is 13.2. The van der Waals surface area contributed by atoms with Crippen molar-refractivity contribution in [3.05, 3.63) is 71.6 Å². The van der Waals surface area contributed by atoms with Crippen LogP contribution in [0.1, 0.15) is 40.3 Å². The number of hydrogen-bond donors (Lipinski definition) is 0. The number of carbonyl (C=O) groups is 1. The van der Waals surface area contributed by atoms with Crippen molar-refractivity contribution in [1.82, 2.24) is 24.4 Å². The van der Waals surface area contributed by atoms with Gasteiger partial charge in [0.1, 0.15) is 5.82 Å². The van der Waals surface area contributed by atoms with Gasteiger partial charge in [0.2, 0.25) is 5.95 Å². The van der Waals surface area contributed by atoms with Gasteiger partial charge in [-0.1, -0.05) is 0 Å². The third kappa shape index (κ3) is 4.67. The van der Waals surface area contributed by atoms with Crippen LogP contribution in [-0.4, -0.2) is 37.4 Å². The van der Waals surface area contributed by atoms with Crippen molar-refractivity contribution >= 4 is 5.91 Å². The molecule has 0 N–H and O–H groups in total. The van der Waals surface area contributed by atoms with Gasteiger partial charge >= 0.3 is 12.4 Å². The third-order valence-electron chi connectivity index (χ3n) is 4.55. The average Bonchev–Trinajstić information content (AvgIpc) is 3.21. The predicted octanol–water partition coefficient (Wildman–Crippen LogP) is 4.53. The van der Waals surface area contributed by atoms with Gasteiger partial charge in [-0.2, -0.15) is 26.3 Å². The minimum Gasteiger partial charge on any atom is -0.332 e. The summed E-state index contributed by atoms with van der Waals surface area (Å²) in [5.74, 6) is -0.529. The van der Waals surface area contributed by atoms with Gasteiger partial charge in [-0.05, 0) is 31.2 Å². The molecule has 1 amide bonds. The molecule has 0 fully saturated rings. The van der Waals surface area contributed by atoms with Crippen molar-refractivity contribution in [3.63, 3.8) is 0 Å². The summed E-state index contributed by atoms with van der Waals surface area (Å²) in [6.45, 7) is 1.53. The molecule has 0 spiro atoms. The summed E-state index contributed by atoms with van der Waals surface area (Å²) in [6, 6.07) is 1.53. The van der Waals surface area contributed by atoms with Crippen molar-refractivity contribution < 1.29 is 31.1 Å². The minimum absolute atomic E-state index is 0.0281. The lowest BCUT2D eigenvalue weighted by Gasteiger charge is -2.25. The second kappa shape index (κ2) is 8.00. The molecule has 3 rings (SSSR count). The van der Waals surface area contributed by atoms with E-state index in [1.807, 2.05) is 0 Å². The second-order valence-electron chi connectivity index (χ2n) is 6.59. The summed E-state index contributed by atoms with van der Waals surface area (Å²) in [7, 11) is 1.26. The van der Waals surface area contributed by atoms with E-state index in [9.17, 15) is 31.1 Å². The maximum atomic E-state index is 13.1. The van der Waals surface area contributed by atoms with Gasteiger partial charge in [0.15, 0.2) is 0 Å². The Hall–Kier alpha value is -3.44. The van der Waals surface area contributed by atoms with Gasteiger partial charge in [-0.15, -0.1) is 0 Å². The molecule has 0 radical (unpaired) electrons. The van der Waals surface area contributed by atoms with Crippen LogP contribution in [-0.2, 0) is 12.4 Å². The molecule has 0 aliphatic carbocycles. The van der Waals surface area contributed by atoms with Crippen molar-refractivity contribution in [2.45, 2.75) is 25.3 Å². The predicted molar refractivity (Wildman–Crippen MR) is 96.1 cm³/mol. The van der Waals surface area contributed by atoms with Crippen LogP contribution in [0.15, 0.2) is 49.1 Å². The summed E-state index contributed by atoms with van der Waals surface area (Å²) in [5, 5.41) is 0. The molecule has 1 atom stereocenters. The standard InChI is InChI=1S/C19H15F6N5O/c1-11(15-26-6-7-30(15)17-27-4-3-5-28-17)29(2)16(31)12-8-13(18(20,21)22)10-14(9-12)19(23,24)25/h3-11H,1-2H3/t11-/m0/s1. The monoisotopic (exact) mass is 443 g/mol. The van der Waals surface area contributed by atoms with Gasteiger partial charge in [0.05, 0.1) is 17.2 Å². The molecular weight excluding hydrogens is 428 g/mol. The summed E-state index contributed by atoms with van der Waals surface area (Å²) >= 11 is 0. The quantitative estimate of drug-likeness (QED) is 0.556. The molecule has 0 unspecified atom stereocenters. The number of amides is 1.